The standard InChI is InChI=1S/C23H29N3O3S/c1-5-11-24-23(30)26-25-16-19-9-10-20(22(15-19)27-4)28-12-6-13-29-21-14-17(2)7-8-18(21)3/h5,7-10,14-16H,1,6,11-13H2,2-4H3,(H2,24,26,30)/b25-16+. The van der Waals surface area contributed by atoms with Gasteiger partial charge in [0.05, 0.1) is 26.5 Å². The van der Waals surface area contributed by atoms with Crippen LogP contribution in [0.5, 0.6) is 17.2 Å². The van der Waals surface area contributed by atoms with Gasteiger partial charge in [-0.05, 0) is 67.0 Å². The fraction of sp³-hybridized carbons (Fsp3) is 0.304. The fourth-order valence-electron chi connectivity index (χ4n) is 2.54. The molecule has 0 atom stereocenters. The molecule has 0 spiro atoms. The van der Waals surface area contributed by atoms with Gasteiger partial charge in [0, 0.05) is 13.0 Å². The van der Waals surface area contributed by atoms with Crippen molar-refractivity contribution in [1.82, 2.24) is 10.7 Å². The Kier molecular flexibility index (Phi) is 9.67. The number of thiocarbonyl (C=S) groups is 1. The van der Waals surface area contributed by atoms with Crippen LogP contribution in [0.2, 0.25) is 0 Å². The predicted molar refractivity (Wildman–Crippen MR) is 126 cm³/mol. The second kappa shape index (κ2) is 12.5. The molecule has 0 saturated heterocycles. The SMILES string of the molecule is C=CCNC(=S)N/N=C/c1ccc(OCCCOc2cc(C)ccc2C)c(OC)c1. The second-order valence-corrected chi connectivity index (χ2v) is 7.01. The third-order valence-corrected chi connectivity index (χ3v) is 4.36. The third kappa shape index (κ3) is 7.75. The number of ether oxygens (including phenoxy) is 3. The average Bonchev–Trinajstić information content (AvgIpc) is 2.74. The van der Waals surface area contributed by atoms with Crippen molar-refractivity contribution in [3.05, 3.63) is 65.7 Å². The van der Waals surface area contributed by atoms with Crippen LogP contribution in [0.3, 0.4) is 0 Å². The molecule has 0 aliphatic rings. The largest absolute Gasteiger partial charge is 0.493 e. The maximum Gasteiger partial charge on any atom is 0.187 e. The summed E-state index contributed by atoms with van der Waals surface area (Å²) in [5.41, 5.74) is 5.92. The van der Waals surface area contributed by atoms with Crippen molar-refractivity contribution in [3.63, 3.8) is 0 Å². The van der Waals surface area contributed by atoms with E-state index in [1.165, 1.54) is 5.56 Å². The third-order valence-electron chi connectivity index (χ3n) is 4.12. The number of hydrazone groups is 1. The molecule has 2 N–H and O–H groups in total. The van der Waals surface area contributed by atoms with Crippen molar-refractivity contribution in [3.8, 4) is 17.2 Å². The van der Waals surface area contributed by atoms with Crippen LogP contribution in [0, 0.1) is 13.8 Å². The van der Waals surface area contributed by atoms with Crippen molar-refractivity contribution < 1.29 is 14.2 Å². The molecule has 7 heteroatoms. The van der Waals surface area contributed by atoms with Crippen LogP contribution >= 0.6 is 12.2 Å². The quantitative estimate of drug-likeness (QED) is 0.185. The Balaban J connectivity index is 1.81. The number of methoxy groups -OCH3 is 1. The molecule has 0 aliphatic carbocycles. The van der Waals surface area contributed by atoms with Crippen molar-refractivity contribution in [2.24, 2.45) is 5.10 Å². The predicted octanol–water partition coefficient (Wildman–Crippen LogP) is 4.14. The molecule has 2 aromatic rings. The minimum atomic E-state index is 0.432. The van der Waals surface area contributed by atoms with E-state index in [0.29, 0.717) is 36.4 Å². The molecule has 0 heterocycles. The molecule has 0 amide bonds. The highest BCUT2D eigenvalue weighted by Gasteiger charge is 2.06. The summed E-state index contributed by atoms with van der Waals surface area (Å²) in [6.45, 7) is 9.41. The molecule has 0 unspecified atom stereocenters. The molecule has 0 bridgehead atoms. The molecule has 2 aromatic carbocycles. The number of aryl methyl sites for hydroxylation is 2. The molecule has 6 nitrogen and oxygen atoms in total. The Morgan fingerprint density at radius 2 is 1.83 bits per heavy atom. The van der Waals surface area contributed by atoms with Gasteiger partial charge in [0.25, 0.3) is 0 Å². The normalized spacial score (nSPS) is 10.5. The Labute approximate surface area is 183 Å². The van der Waals surface area contributed by atoms with E-state index in [1.54, 1.807) is 19.4 Å². The van der Waals surface area contributed by atoms with E-state index in [1.807, 2.05) is 25.1 Å². The lowest BCUT2D eigenvalue weighted by atomic mass is 10.1. The van der Waals surface area contributed by atoms with Crippen molar-refractivity contribution in [1.29, 1.82) is 0 Å². The molecule has 0 aromatic heterocycles. The zero-order valence-electron chi connectivity index (χ0n) is 17.7. The van der Waals surface area contributed by atoms with Gasteiger partial charge in [-0.2, -0.15) is 5.10 Å². The number of benzene rings is 2. The van der Waals surface area contributed by atoms with Gasteiger partial charge in [-0.15, -0.1) is 6.58 Å². The van der Waals surface area contributed by atoms with Crippen LogP contribution in [0.25, 0.3) is 0 Å². The van der Waals surface area contributed by atoms with E-state index < -0.39 is 0 Å². The highest BCUT2D eigenvalue weighted by atomic mass is 32.1. The summed E-state index contributed by atoms with van der Waals surface area (Å²) in [5, 5.41) is 7.47. The topological polar surface area (TPSA) is 64.1 Å². The first-order valence-corrected chi connectivity index (χ1v) is 10.1. The first-order valence-electron chi connectivity index (χ1n) is 9.72. The van der Waals surface area contributed by atoms with Crippen molar-refractivity contribution in [2.45, 2.75) is 20.3 Å². The number of nitrogens with one attached hydrogen (secondary N) is 2. The zero-order chi connectivity index (χ0) is 21.8. The molecule has 0 aliphatic heterocycles. The monoisotopic (exact) mass is 427 g/mol. The minimum absolute atomic E-state index is 0.432. The van der Waals surface area contributed by atoms with Gasteiger partial charge in [-0.1, -0.05) is 18.2 Å². The summed E-state index contributed by atoms with van der Waals surface area (Å²) in [6, 6.07) is 11.8. The van der Waals surface area contributed by atoms with Gasteiger partial charge in [-0.3, -0.25) is 5.43 Å². The first kappa shape index (κ1) is 23.2. The summed E-state index contributed by atoms with van der Waals surface area (Å²) in [6.07, 6.45) is 4.14. The summed E-state index contributed by atoms with van der Waals surface area (Å²) in [5.74, 6) is 2.24. The van der Waals surface area contributed by atoms with Gasteiger partial charge >= 0.3 is 0 Å². The highest BCUT2D eigenvalue weighted by molar-refractivity contribution is 7.80. The fourth-order valence-corrected chi connectivity index (χ4v) is 2.68. The van der Waals surface area contributed by atoms with E-state index in [-0.39, 0.29) is 0 Å². The average molecular weight is 428 g/mol. The van der Waals surface area contributed by atoms with E-state index >= 15 is 0 Å². The van der Waals surface area contributed by atoms with E-state index in [4.69, 9.17) is 26.4 Å². The van der Waals surface area contributed by atoms with E-state index in [0.717, 1.165) is 23.3 Å². The molecule has 0 fully saturated rings. The molecule has 0 saturated carbocycles. The van der Waals surface area contributed by atoms with E-state index in [2.05, 4.69) is 47.5 Å². The maximum absolute atomic E-state index is 5.86. The van der Waals surface area contributed by atoms with Crippen molar-refractivity contribution in [2.75, 3.05) is 26.9 Å². The Morgan fingerprint density at radius 1 is 1.07 bits per heavy atom. The number of hydrogen-bond acceptors (Lipinski definition) is 5. The molecule has 2 rings (SSSR count). The molecular formula is C23H29N3O3S. The van der Waals surface area contributed by atoms with Crippen LogP contribution in [0.4, 0.5) is 0 Å². The van der Waals surface area contributed by atoms with Gasteiger partial charge in [0.15, 0.2) is 16.6 Å². The van der Waals surface area contributed by atoms with Gasteiger partial charge < -0.3 is 19.5 Å². The summed E-state index contributed by atoms with van der Waals surface area (Å²) >= 11 is 5.08. The smallest absolute Gasteiger partial charge is 0.187 e. The number of hydrogen-bond donors (Lipinski definition) is 2. The first-order chi connectivity index (χ1) is 14.5. The Bertz CT molecular complexity index is 884. The van der Waals surface area contributed by atoms with Gasteiger partial charge in [-0.25, -0.2) is 0 Å². The Hall–Kier alpha value is -3.06. The summed E-state index contributed by atoms with van der Waals surface area (Å²) in [4.78, 5) is 0. The van der Waals surface area contributed by atoms with Crippen LogP contribution in [0.1, 0.15) is 23.1 Å². The van der Waals surface area contributed by atoms with Crippen LogP contribution < -0.4 is 25.0 Å². The van der Waals surface area contributed by atoms with Crippen LogP contribution in [-0.2, 0) is 0 Å². The molecular weight excluding hydrogens is 398 g/mol. The number of rotatable bonds is 11. The highest BCUT2D eigenvalue weighted by Crippen LogP contribution is 2.27. The molecule has 0 radical (unpaired) electrons. The Morgan fingerprint density at radius 3 is 2.57 bits per heavy atom. The van der Waals surface area contributed by atoms with Gasteiger partial charge in [0.1, 0.15) is 5.75 Å². The lowest BCUT2D eigenvalue weighted by Crippen LogP contribution is -2.31. The molecule has 30 heavy (non-hydrogen) atoms. The zero-order valence-corrected chi connectivity index (χ0v) is 18.6. The molecule has 160 valence electrons. The van der Waals surface area contributed by atoms with Crippen LogP contribution in [-0.4, -0.2) is 38.2 Å². The van der Waals surface area contributed by atoms with Gasteiger partial charge in [0.2, 0.25) is 0 Å². The lowest BCUT2D eigenvalue weighted by Gasteiger charge is -2.13. The van der Waals surface area contributed by atoms with E-state index in [9.17, 15) is 0 Å². The lowest BCUT2D eigenvalue weighted by molar-refractivity contribution is 0.239. The van der Waals surface area contributed by atoms with Crippen molar-refractivity contribution >= 4 is 23.5 Å². The maximum atomic E-state index is 5.86. The number of nitrogens with zero attached hydrogens (tertiary/aromatic N) is 1. The second-order valence-electron chi connectivity index (χ2n) is 6.60. The summed E-state index contributed by atoms with van der Waals surface area (Å²) in [7, 11) is 1.61. The minimum Gasteiger partial charge on any atom is -0.493 e. The van der Waals surface area contributed by atoms with Crippen LogP contribution in [0.15, 0.2) is 54.2 Å². The summed E-state index contributed by atoms with van der Waals surface area (Å²) < 4.78 is 17.2.